The van der Waals surface area contributed by atoms with Crippen LogP contribution in [0.2, 0.25) is 0 Å². The number of ether oxygens (including phenoxy) is 1. The molecule has 1 amide bonds. The van der Waals surface area contributed by atoms with Crippen LogP contribution in [0.3, 0.4) is 0 Å². The van der Waals surface area contributed by atoms with E-state index in [0.29, 0.717) is 6.42 Å². The summed E-state index contributed by atoms with van der Waals surface area (Å²) in [5.74, 6) is -0.242. The summed E-state index contributed by atoms with van der Waals surface area (Å²) >= 11 is 3.11. The second-order valence-electron chi connectivity index (χ2n) is 2.83. The molecule has 0 aliphatic rings. The van der Waals surface area contributed by atoms with Gasteiger partial charge in [-0.3, -0.25) is 4.79 Å². The predicted molar refractivity (Wildman–Crippen MR) is 52.9 cm³/mol. The average Bonchev–Trinajstić information content (AvgIpc) is 2.14. The number of halogens is 4. The number of amides is 1. The molecule has 0 aromatic carbocycles. The van der Waals surface area contributed by atoms with Gasteiger partial charge in [0.15, 0.2) is 0 Å². The van der Waals surface area contributed by atoms with E-state index in [0.717, 1.165) is 0 Å². The Hall–Kier alpha value is -0.300. The van der Waals surface area contributed by atoms with Crippen LogP contribution in [-0.4, -0.2) is 36.7 Å². The smallest absolute Gasteiger partial charge is 0.370 e. The zero-order valence-corrected chi connectivity index (χ0v) is 9.82. The molecule has 0 aromatic rings. The number of rotatable bonds is 6. The lowest BCUT2D eigenvalue weighted by Crippen LogP contribution is -2.33. The van der Waals surface area contributed by atoms with Crippen molar-refractivity contribution in [1.29, 1.82) is 0 Å². The topological polar surface area (TPSA) is 38.3 Å². The van der Waals surface area contributed by atoms with E-state index in [1.807, 2.05) is 6.92 Å². The van der Waals surface area contributed by atoms with Crippen molar-refractivity contribution in [3.05, 3.63) is 0 Å². The van der Waals surface area contributed by atoms with E-state index in [4.69, 9.17) is 0 Å². The molecule has 0 saturated carbocycles. The summed E-state index contributed by atoms with van der Waals surface area (Å²) in [6.07, 6.45) is -3.69. The van der Waals surface area contributed by atoms with Crippen molar-refractivity contribution in [1.82, 2.24) is 5.32 Å². The summed E-state index contributed by atoms with van der Waals surface area (Å²) < 4.78 is 39.1. The lowest BCUT2D eigenvalue weighted by Gasteiger charge is -2.10. The van der Waals surface area contributed by atoms with Crippen LogP contribution in [0, 0.1) is 0 Å². The largest absolute Gasteiger partial charge is 0.411 e. The number of nitrogens with one attached hydrogen (secondary N) is 1. The van der Waals surface area contributed by atoms with Crippen molar-refractivity contribution >= 4 is 21.8 Å². The van der Waals surface area contributed by atoms with E-state index < -0.39 is 12.8 Å². The SMILES string of the molecule is CCC(Br)C(=O)NCCOCC(F)(F)F. The van der Waals surface area contributed by atoms with Crippen molar-refractivity contribution in [2.45, 2.75) is 24.3 Å². The number of hydrogen-bond donors (Lipinski definition) is 1. The molecule has 0 radical (unpaired) electrons. The molecule has 1 unspecified atom stereocenters. The summed E-state index contributed by atoms with van der Waals surface area (Å²) in [7, 11) is 0. The third-order valence-electron chi connectivity index (χ3n) is 1.45. The molecule has 3 nitrogen and oxygen atoms in total. The van der Waals surface area contributed by atoms with E-state index in [2.05, 4.69) is 26.0 Å². The van der Waals surface area contributed by atoms with Gasteiger partial charge in [-0.2, -0.15) is 13.2 Å². The maximum atomic E-state index is 11.6. The van der Waals surface area contributed by atoms with Gasteiger partial charge in [0.2, 0.25) is 5.91 Å². The summed E-state index contributed by atoms with van der Waals surface area (Å²) in [6.45, 7) is 0.471. The molecule has 90 valence electrons. The standard InChI is InChI=1S/C8H13BrF3NO2/c1-2-6(9)7(14)13-3-4-15-5-8(10,11)12/h6H,2-5H2,1H3,(H,13,14). The fraction of sp³-hybridized carbons (Fsp3) is 0.875. The molecule has 0 bridgehead atoms. The highest BCUT2D eigenvalue weighted by Gasteiger charge is 2.27. The fourth-order valence-corrected chi connectivity index (χ4v) is 0.892. The van der Waals surface area contributed by atoms with Crippen molar-refractivity contribution < 1.29 is 22.7 Å². The van der Waals surface area contributed by atoms with E-state index in [1.165, 1.54) is 0 Å². The zero-order valence-electron chi connectivity index (χ0n) is 8.23. The molecule has 1 N–H and O–H groups in total. The summed E-state index contributed by atoms with van der Waals surface area (Å²) in [5.41, 5.74) is 0. The van der Waals surface area contributed by atoms with Crippen LogP contribution in [0.4, 0.5) is 13.2 Å². The highest BCUT2D eigenvalue weighted by Crippen LogP contribution is 2.13. The summed E-state index contributed by atoms with van der Waals surface area (Å²) in [6, 6.07) is 0. The highest BCUT2D eigenvalue weighted by molar-refractivity contribution is 9.10. The quantitative estimate of drug-likeness (QED) is 0.599. The van der Waals surface area contributed by atoms with Crippen LogP contribution in [0.15, 0.2) is 0 Å². The van der Waals surface area contributed by atoms with Crippen LogP contribution >= 0.6 is 15.9 Å². The first kappa shape index (κ1) is 14.7. The first-order chi connectivity index (χ1) is 6.87. The lowest BCUT2D eigenvalue weighted by molar-refractivity contribution is -0.173. The monoisotopic (exact) mass is 291 g/mol. The third kappa shape index (κ3) is 8.68. The molecular weight excluding hydrogens is 279 g/mol. The normalized spacial score (nSPS) is 13.7. The Kier molecular flexibility index (Phi) is 6.91. The molecule has 0 rings (SSSR count). The Balaban J connectivity index is 3.43. The maximum Gasteiger partial charge on any atom is 0.411 e. The number of alkyl halides is 4. The van der Waals surface area contributed by atoms with Crippen molar-refractivity contribution in [2.75, 3.05) is 19.8 Å². The van der Waals surface area contributed by atoms with Crippen LogP contribution in [0.25, 0.3) is 0 Å². The van der Waals surface area contributed by atoms with Crippen molar-refractivity contribution in [3.63, 3.8) is 0 Å². The minimum absolute atomic E-state index is 0.0804. The van der Waals surface area contributed by atoms with Crippen LogP contribution in [-0.2, 0) is 9.53 Å². The lowest BCUT2D eigenvalue weighted by atomic mass is 10.3. The predicted octanol–water partition coefficient (Wildman–Crippen LogP) is 1.86. The molecular formula is C8H13BrF3NO2. The average molecular weight is 292 g/mol. The zero-order chi connectivity index (χ0) is 11.9. The first-order valence-corrected chi connectivity index (χ1v) is 5.34. The van der Waals surface area contributed by atoms with Gasteiger partial charge in [0.05, 0.1) is 11.4 Å². The minimum Gasteiger partial charge on any atom is -0.370 e. The Morgan fingerprint density at radius 3 is 2.60 bits per heavy atom. The van der Waals surface area contributed by atoms with Gasteiger partial charge in [-0.25, -0.2) is 0 Å². The third-order valence-corrected chi connectivity index (χ3v) is 2.52. The molecule has 0 aliphatic carbocycles. The Labute approximate surface area is 94.5 Å². The maximum absolute atomic E-state index is 11.6. The number of carbonyl (C=O) groups excluding carboxylic acids is 1. The van der Waals surface area contributed by atoms with E-state index >= 15 is 0 Å². The Morgan fingerprint density at radius 1 is 1.53 bits per heavy atom. The molecule has 1 atom stereocenters. The summed E-state index contributed by atoms with van der Waals surface area (Å²) in [5, 5.41) is 2.44. The van der Waals surface area contributed by atoms with Gasteiger partial charge in [-0.05, 0) is 6.42 Å². The van der Waals surface area contributed by atoms with Gasteiger partial charge in [0.25, 0.3) is 0 Å². The van der Waals surface area contributed by atoms with Crippen molar-refractivity contribution in [3.8, 4) is 0 Å². The van der Waals surface area contributed by atoms with Gasteiger partial charge in [-0.1, -0.05) is 22.9 Å². The number of carbonyl (C=O) groups is 1. The summed E-state index contributed by atoms with van der Waals surface area (Å²) in [4.78, 5) is 10.8. The molecule has 0 fully saturated rings. The van der Waals surface area contributed by atoms with Crippen LogP contribution in [0.1, 0.15) is 13.3 Å². The van der Waals surface area contributed by atoms with E-state index in [1.54, 1.807) is 0 Å². The van der Waals surface area contributed by atoms with E-state index in [-0.39, 0.29) is 23.9 Å². The van der Waals surface area contributed by atoms with Gasteiger partial charge in [0, 0.05) is 6.54 Å². The molecule has 7 heteroatoms. The van der Waals surface area contributed by atoms with Crippen LogP contribution in [0.5, 0.6) is 0 Å². The van der Waals surface area contributed by atoms with Gasteiger partial charge in [-0.15, -0.1) is 0 Å². The first-order valence-electron chi connectivity index (χ1n) is 4.43. The fourth-order valence-electron chi connectivity index (χ4n) is 0.730. The molecule has 0 aromatic heterocycles. The van der Waals surface area contributed by atoms with Crippen LogP contribution < -0.4 is 5.32 Å². The second kappa shape index (κ2) is 7.05. The molecule has 0 heterocycles. The number of hydrogen-bond acceptors (Lipinski definition) is 2. The highest BCUT2D eigenvalue weighted by atomic mass is 79.9. The molecule has 0 saturated heterocycles. The Bertz CT molecular complexity index is 199. The van der Waals surface area contributed by atoms with Gasteiger partial charge >= 0.3 is 6.18 Å². The van der Waals surface area contributed by atoms with Gasteiger partial charge in [0.1, 0.15) is 6.61 Å². The molecule has 15 heavy (non-hydrogen) atoms. The minimum atomic E-state index is -4.31. The second-order valence-corrected chi connectivity index (χ2v) is 3.94. The Morgan fingerprint density at radius 2 is 2.13 bits per heavy atom. The molecule has 0 spiro atoms. The molecule has 0 aliphatic heterocycles. The van der Waals surface area contributed by atoms with Gasteiger partial charge < -0.3 is 10.1 Å². The van der Waals surface area contributed by atoms with E-state index in [9.17, 15) is 18.0 Å². The van der Waals surface area contributed by atoms with Crippen molar-refractivity contribution in [2.24, 2.45) is 0 Å².